The van der Waals surface area contributed by atoms with Crippen LogP contribution in [-0.2, 0) is 4.74 Å². The maximum absolute atomic E-state index is 5.51. The van der Waals surface area contributed by atoms with Crippen LogP contribution >= 0.6 is 0 Å². The average molecular weight is 224 g/mol. The number of quaternary nitrogens is 1. The number of ether oxygens (including phenoxy) is 1. The van der Waals surface area contributed by atoms with Crippen molar-refractivity contribution in [3.63, 3.8) is 0 Å². The second-order valence-electron chi connectivity index (χ2n) is 4.11. The van der Waals surface area contributed by atoms with Crippen molar-refractivity contribution < 1.29 is 26.2 Å². The van der Waals surface area contributed by atoms with Crippen molar-refractivity contribution in [1.82, 2.24) is 0 Å². The van der Waals surface area contributed by atoms with Gasteiger partial charge in [0, 0.05) is 6.61 Å². The molecule has 1 aliphatic rings. The Labute approximate surface area is 79.9 Å². The van der Waals surface area contributed by atoms with Crippen molar-refractivity contribution in [1.29, 1.82) is 0 Å². The zero-order valence-corrected chi connectivity index (χ0v) is 9.23. The minimum atomic E-state index is 0. The first kappa shape index (κ1) is 11.4. The van der Waals surface area contributed by atoms with Gasteiger partial charge in [-0.3, -0.25) is 0 Å². The average Bonchev–Trinajstić information content (AvgIpc) is 2.12. The molecule has 0 aliphatic carbocycles. The quantitative estimate of drug-likeness (QED) is 0.487. The highest BCUT2D eigenvalue weighted by Crippen LogP contribution is 2.13. The van der Waals surface area contributed by atoms with Gasteiger partial charge in [-0.25, -0.2) is 0 Å². The van der Waals surface area contributed by atoms with E-state index in [0.717, 1.165) is 17.6 Å². The summed E-state index contributed by atoms with van der Waals surface area (Å²) in [5.41, 5.74) is 0. The molecule has 0 radical (unpaired) electrons. The van der Waals surface area contributed by atoms with Gasteiger partial charge in [0.15, 0.2) is 0 Å². The smallest absolute Gasteiger partial charge is 0.106 e. The van der Waals surface area contributed by atoms with Gasteiger partial charge in [0.05, 0.1) is 21.1 Å². The van der Waals surface area contributed by atoms with Crippen molar-refractivity contribution in [2.24, 2.45) is 0 Å². The highest BCUT2D eigenvalue weighted by atomic mass is 79.9. The lowest BCUT2D eigenvalue weighted by Crippen LogP contribution is -3.00. The molecule has 2 nitrogen and oxygen atoms in total. The van der Waals surface area contributed by atoms with E-state index >= 15 is 0 Å². The van der Waals surface area contributed by atoms with Crippen molar-refractivity contribution in [3.8, 4) is 0 Å². The van der Waals surface area contributed by atoms with Gasteiger partial charge in [-0.1, -0.05) is 0 Å². The van der Waals surface area contributed by atoms with E-state index in [1.807, 2.05) is 0 Å². The maximum Gasteiger partial charge on any atom is 0.106 e. The Morgan fingerprint density at radius 1 is 1.36 bits per heavy atom. The zero-order valence-electron chi connectivity index (χ0n) is 7.64. The van der Waals surface area contributed by atoms with Crippen LogP contribution in [0.5, 0.6) is 0 Å². The molecule has 0 aromatic rings. The number of halogens is 1. The molecule has 1 unspecified atom stereocenters. The van der Waals surface area contributed by atoms with Crippen molar-refractivity contribution in [3.05, 3.63) is 0 Å². The molecule has 0 saturated carbocycles. The van der Waals surface area contributed by atoms with Crippen LogP contribution < -0.4 is 17.0 Å². The van der Waals surface area contributed by atoms with Crippen molar-refractivity contribution in [2.75, 3.05) is 34.3 Å². The minimum absolute atomic E-state index is 0. The first-order chi connectivity index (χ1) is 4.58. The third kappa shape index (κ3) is 4.77. The van der Waals surface area contributed by atoms with Gasteiger partial charge in [-0.15, -0.1) is 0 Å². The molecule has 11 heavy (non-hydrogen) atoms. The summed E-state index contributed by atoms with van der Waals surface area (Å²) in [5, 5.41) is 0. The number of rotatable bonds is 2. The highest BCUT2D eigenvalue weighted by molar-refractivity contribution is 4.62. The van der Waals surface area contributed by atoms with E-state index in [9.17, 15) is 0 Å². The maximum atomic E-state index is 5.51. The van der Waals surface area contributed by atoms with Crippen molar-refractivity contribution in [2.45, 2.75) is 18.9 Å². The molecule has 0 aromatic heterocycles. The number of hydrogen-bond donors (Lipinski definition) is 0. The second kappa shape index (κ2) is 4.43. The molecule has 3 heteroatoms. The molecular formula is C8H18BrNO. The van der Waals surface area contributed by atoms with Crippen LogP contribution in [0.1, 0.15) is 12.8 Å². The van der Waals surface area contributed by atoms with Crippen LogP contribution in [0.4, 0.5) is 0 Å². The summed E-state index contributed by atoms with van der Waals surface area (Å²) in [4.78, 5) is 0. The number of likely N-dealkylation sites (N-methyl/N-ethyl adjacent to an activating group) is 1. The number of hydrogen-bond acceptors (Lipinski definition) is 1. The van der Waals surface area contributed by atoms with Gasteiger partial charge in [0.1, 0.15) is 12.6 Å². The van der Waals surface area contributed by atoms with Gasteiger partial charge >= 0.3 is 0 Å². The number of nitrogens with zero attached hydrogens (tertiary/aromatic N) is 1. The normalized spacial score (nSPS) is 24.8. The lowest BCUT2D eigenvalue weighted by Gasteiger charge is -2.26. The van der Waals surface area contributed by atoms with Crippen molar-refractivity contribution >= 4 is 0 Å². The fourth-order valence-electron chi connectivity index (χ4n) is 1.40. The molecule has 1 aliphatic heterocycles. The van der Waals surface area contributed by atoms with E-state index < -0.39 is 0 Å². The Morgan fingerprint density at radius 3 is 2.36 bits per heavy atom. The monoisotopic (exact) mass is 223 g/mol. The SMILES string of the molecule is C[N+](C)(C)CC1CCCO1.[Br-]. The summed E-state index contributed by atoms with van der Waals surface area (Å²) >= 11 is 0. The van der Waals surface area contributed by atoms with Crippen LogP contribution in [0, 0.1) is 0 Å². The van der Waals surface area contributed by atoms with Crippen LogP contribution in [0.3, 0.4) is 0 Å². The molecule has 0 N–H and O–H groups in total. The fourth-order valence-corrected chi connectivity index (χ4v) is 1.40. The van der Waals surface area contributed by atoms with Gasteiger partial charge in [-0.05, 0) is 12.8 Å². The Hall–Kier alpha value is 0.400. The molecule has 0 aromatic carbocycles. The summed E-state index contributed by atoms with van der Waals surface area (Å²) in [6.45, 7) is 2.13. The molecule has 1 heterocycles. The van der Waals surface area contributed by atoms with Crippen LogP contribution in [0.15, 0.2) is 0 Å². The van der Waals surface area contributed by atoms with E-state index in [0.29, 0.717) is 6.10 Å². The van der Waals surface area contributed by atoms with Crippen LogP contribution in [0.25, 0.3) is 0 Å². The predicted octanol–water partition coefficient (Wildman–Crippen LogP) is -2.12. The molecule has 68 valence electrons. The highest BCUT2D eigenvalue weighted by Gasteiger charge is 2.21. The van der Waals surface area contributed by atoms with E-state index in [-0.39, 0.29) is 17.0 Å². The van der Waals surface area contributed by atoms with E-state index in [1.54, 1.807) is 0 Å². The van der Waals surface area contributed by atoms with Gasteiger partial charge < -0.3 is 26.2 Å². The third-order valence-electron chi connectivity index (χ3n) is 1.78. The largest absolute Gasteiger partial charge is 1.00 e. The van der Waals surface area contributed by atoms with Gasteiger partial charge in [0.25, 0.3) is 0 Å². The minimum Gasteiger partial charge on any atom is -1.00 e. The first-order valence-corrected chi connectivity index (χ1v) is 4.00. The lowest BCUT2D eigenvalue weighted by molar-refractivity contribution is -0.873. The summed E-state index contributed by atoms with van der Waals surface area (Å²) < 4.78 is 6.53. The Morgan fingerprint density at radius 2 is 2.00 bits per heavy atom. The fraction of sp³-hybridized carbons (Fsp3) is 1.00. The van der Waals surface area contributed by atoms with E-state index in [4.69, 9.17) is 4.74 Å². The molecule has 1 atom stereocenters. The molecule has 0 amide bonds. The summed E-state index contributed by atoms with van der Waals surface area (Å²) in [6, 6.07) is 0. The van der Waals surface area contributed by atoms with Crippen LogP contribution in [-0.4, -0.2) is 44.9 Å². The third-order valence-corrected chi connectivity index (χ3v) is 1.78. The summed E-state index contributed by atoms with van der Waals surface area (Å²) in [5.74, 6) is 0. The molecule has 1 fully saturated rings. The molecular weight excluding hydrogens is 206 g/mol. The Bertz CT molecular complexity index is 105. The molecule has 0 spiro atoms. The summed E-state index contributed by atoms with van der Waals surface area (Å²) in [6.07, 6.45) is 3.04. The topological polar surface area (TPSA) is 9.23 Å². The Balaban J connectivity index is 0.000001000. The molecule has 0 bridgehead atoms. The molecule has 1 saturated heterocycles. The second-order valence-corrected chi connectivity index (χ2v) is 4.11. The predicted molar refractivity (Wildman–Crippen MR) is 41.9 cm³/mol. The molecule has 1 rings (SSSR count). The van der Waals surface area contributed by atoms with E-state index in [2.05, 4.69) is 21.1 Å². The van der Waals surface area contributed by atoms with Gasteiger partial charge in [0.2, 0.25) is 0 Å². The van der Waals surface area contributed by atoms with E-state index in [1.165, 1.54) is 12.8 Å². The lowest BCUT2D eigenvalue weighted by atomic mass is 10.2. The van der Waals surface area contributed by atoms with Crippen LogP contribution in [0.2, 0.25) is 0 Å². The first-order valence-electron chi connectivity index (χ1n) is 4.00. The standard InChI is InChI=1S/C8H18NO.BrH/c1-9(2,3)7-8-5-4-6-10-8;/h8H,4-7H2,1-3H3;1H/q+1;/p-1. The summed E-state index contributed by atoms with van der Waals surface area (Å²) in [7, 11) is 6.63. The van der Waals surface area contributed by atoms with Gasteiger partial charge in [-0.2, -0.15) is 0 Å². The Kier molecular flexibility index (Phi) is 4.59. The zero-order chi connectivity index (χ0) is 7.61.